The Bertz CT molecular complexity index is 924. The van der Waals surface area contributed by atoms with Crippen LogP contribution in [0.15, 0.2) is 47.4 Å². The zero-order valence-electron chi connectivity index (χ0n) is 16.3. The molecule has 0 radical (unpaired) electrons. The number of ether oxygens (including phenoxy) is 1. The number of phenols is 1. The molecule has 0 bridgehead atoms. The number of nitrogens with one attached hydrogen (secondary N) is 1. The number of carbonyl (C=O) groups excluding carboxylic acids is 1. The smallest absolute Gasteiger partial charge is 0.243 e. The van der Waals surface area contributed by atoms with Gasteiger partial charge in [-0.2, -0.15) is 4.31 Å². The molecule has 7 nitrogen and oxygen atoms in total. The van der Waals surface area contributed by atoms with E-state index in [1.807, 2.05) is 24.3 Å². The zero-order valence-corrected chi connectivity index (χ0v) is 17.1. The number of nitrogens with zero attached hydrogens (tertiary/aromatic N) is 1. The van der Waals surface area contributed by atoms with E-state index in [4.69, 9.17) is 4.74 Å². The van der Waals surface area contributed by atoms with Crippen molar-refractivity contribution in [1.29, 1.82) is 0 Å². The summed E-state index contributed by atoms with van der Waals surface area (Å²) in [6, 6.07) is 11.3. The first-order valence-corrected chi connectivity index (χ1v) is 10.5. The first kappa shape index (κ1) is 21.7. The van der Waals surface area contributed by atoms with E-state index in [1.54, 1.807) is 21.0 Å². The van der Waals surface area contributed by atoms with Crippen molar-refractivity contribution in [3.05, 3.63) is 48.0 Å². The van der Waals surface area contributed by atoms with Crippen LogP contribution in [-0.4, -0.2) is 43.9 Å². The van der Waals surface area contributed by atoms with Crippen molar-refractivity contribution in [2.75, 3.05) is 25.5 Å². The lowest BCUT2D eigenvalue weighted by atomic mass is 10.1. The number of sulfonamides is 1. The number of amides is 1. The van der Waals surface area contributed by atoms with Crippen molar-refractivity contribution in [2.45, 2.75) is 31.6 Å². The summed E-state index contributed by atoms with van der Waals surface area (Å²) in [5.74, 6) is 0.174. The second kappa shape index (κ2) is 9.57. The fourth-order valence-electron chi connectivity index (χ4n) is 2.86. The summed E-state index contributed by atoms with van der Waals surface area (Å²) in [7, 11) is -2.12. The molecule has 2 aromatic carbocycles. The molecule has 8 heteroatoms. The Morgan fingerprint density at radius 3 is 2.46 bits per heavy atom. The van der Waals surface area contributed by atoms with Gasteiger partial charge in [0.2, 0.25) is 15.9 Å². The van der Waals surface area contributed by atoms with Gasteiger partial charge in [0.25, 0.3) is 0 Å². The molecular formula is C20H26N2O5S. The number of methoxy groups -OCH3 is 1. The van der Waals surface area contributed by atoms with Crippen LogP contribution in [0.5, 0.6) is 11.5 Å². The molecule has 152 valence electrons. The summed E-state index contributed by atoms with van der Waals surface area (Å²) in [5.41, 5.74) is 0.959. The van der Waals surface area contributed by atoms with Gasteiger partial charge in [-0.1, -0.05) is 32.0 Å². The molecule has 2 rings (SSSR count). The molecule has 2 aromatic rings. The van der Waals surface area contributed by atoms with Gasteiger partial charge in [0.1, 0.15) is 11.5 Å². The van der Waals surface area contributed by atoms with E-state index in [0.29, 0.717) is 25.3 Å². The van der Waals surface area contributed by atoms with E-state index in [-0.39, 0.29) is 28.7 Å². The molecule has 0 aliphatic heterocycles. The highest BCUT2D eigenvalue weighted by Crippen LogP contribution is 2.28. The monoisotopic (exact) mass is 406 g/mol. The Kier molecular flexibility index (Phi) is 7.42. The lowest BCUT2D eigenvalue weighted by Gasteiger charge is -2.19. The predicted octanol–water partition coefficient (Wildman–Crippen LogP) is 3.00. The summed E-state index contributed by atoms with van der Waals surface area (Å²) in [6.45, 7) is 4.17. The van der Waals surface area contributed by atoms with Crippen LogP contribution in [0.25, 0.3) is 0 Å². The first-order valence-electron chi connectivity index (χ1n) is 9.08. The Morgan fingerprint density at radius 2 is 1.82 bits per heavy atom. The van der Waals surface area contributed by atoms with Gasteiger partial charge >= 0.3 is 0 Å². The number of carbonyl (C=O) groups is 1. The highest BCUT2D eigenvalue weighted by molar-refractivity contribution is 7.89. The number of hydrogen-bond donors (Lipinski definition) is 2. The lowest BCUT2D eigenvalue weighted by Crippen LogP contribution is -2.30. The van der Waals surface area contributed by atoms with Crippen LogP contribution in [-0.2, 0) is 21.2 Å². The van der Waals surface area contributed by atoms with Gasteiger partial charge in [-0.05, 0) is 36.2 Å². The molecule has 0 spiro atoms. The third-order valence-electron chi connectivity index (χ3n) is 4.40. The zero-order chi connectivity index (χ0) is 20.7. The average molecular weight is 407 g/mol. The minimum absolute atomic E-state index is 0.0222. The van der Waals surface area contributed by atoms with Crippen LogP contribution >= 0.6 is 0 Å². The standard InChI is InChI=1S/C20H26N2O5S/c1-4-22(5-2)28(25,26)16-11-12-18(23)17(14-16)21-20(24)13-10-15-8-6-7-9-19(15)27-3/h6-9,11-12,14,23H,4-5,10,13H2,1-3H3,(H,21,24). The summed E-state index contributed by atoms with van der Waals surface area (Å²) in [6.07, 6.45) is 0.612. The highest BCUT2D eigenvalue weighted by Gasteiger charge is 2.23. The van der Waals surface area contributed by atoms with Gasteiger partial charge in [0.15, 0.2) is 0 Å². The fraction of sp³-hybridized carbons (Fsp3) is 0.350. The molecule has 0 heterocycles. The Morgan fingerprint density at radius 1 is 1.14 bits per heavy atom. The molecule has 0 atom stereocenters. The number of anilines is 1. The third kappa shape index (κ3) is 5.02. The number of rotatable bonds is 9. The van der Waals surface area contributed by atoms with Gasteiger partial charge in [0, 0.05) is 19.5 Å². The van der Waals surface area contributed by atoms with Crippen LogP contribution in [0.1, 0.15) is 25.8 Å². The van der Waals surface area contributed by atoms with E-state index >= 15 is 0 Å². The van der Waals surface area contributed by atoms with E-state index in [9.17, 15) is 18.3 Å². The lowest BCUT2D eigenvalue weighted by molar-refractivity contribution is -0.116. The van der Waals surface area contributed by atoms with Crippen molar-refractivity contribution in [2.24, 2.45) is 0 Å². The van der Waals surface area contributed by atoms with Gasteiger partial charge in [-0.3, -0.25) is 4.79 Å². The second-order valence-corrected chi connectivity index (χ2v) is 8.07. The maximum absolute atomic E-state index is 12.6. The maximum Gasteiger partial charge on any atom is 0.243 e. The molecule has 0 aliphatic rings. The SMILES string of the molecule is CCN(CC)S(=O)(=O)c1ccc(O)c(NC(=O)CCc2ccccc2OC)c1. The van der Waals surface area contributed by atoms with Crippen LogP contribution in [0.2, 0.25) is 0 Å². The largest absolute Gasteiger partial charge is 0.506 e. The minimum atomic E-state index is -3.69. The normalized spacial score (nSPS) is 11.4. The number of benzene rings is 2. The van der Waals surface area contributed by atoms with Gasteiger partial charge in [-0.25, -0.2) is 8.42 Å². The number of hydrogen-bond acceptors (Lipinski definition) is 5. The number of aryl methyl sites for hydroxylation is 1. The Balaban J connectivity index is 2.14. The molecule has 0 aromatic heterocycles. The molecule has 2 N–H and O–H groups in total. The minimum Gasteiger partial charge on any atom is -0.506 e. The van der Waals surface area contributed by atoms with Crippen molar-refractivity contribution in [1.82, 2.24) is 4.31 Å². The van der Waals surface area contributed by atoms with E-state index in [0.717, 1.165) is 5.56 Å². The topological polar surface area (TPSA) is 95.9 Å². The van der Waals surface area contributed by atoms with Gasteiger partial charge in [0.05, 0.1) is 17.7 Å². The third-order valence-corrected chi connectivity index (χ3v) is 6.45. The predicted molar refractivity (Wildman–Crippen MR) is 108 cm³/mol. The first-order chi connectivity index (χ1) is 13.3. The molecule has 1 amide bonds. The molecule has 0 aliphatic carbocycles. The Labute approximate surface area is 166 Å². The summed E-state index contributed by atoms with van der Waals surface area (Å²) < 4.78 is 31.9. The molecule has 28 heavy (non-hydrogen) atoms. The van der Waals surface area contributed by atoms with Crippen LogP contribution < -0.4 is 10.1 Å². The van der Waals surface area contributed by atoms with Crippen LogP contribution in [0, 0.1) is 0 Å². The van der Waals surface area contributed by atoms with Crippen LogP contribution in [0.3, 0.4) is 0 Å². The van der Waals surface area contributed by atoms with E-state index in [1.165, 1.54) is 22.5 Å². The number of aromatic hydroxyl groups is 1. The molecule has 0 unspecified atom stereocenters. The van der Waals surface area contributed by atoms with Crippen molar-refractivity contribution in [3.63, 3.8) is 0 Å². The summed E-state index contributed by atoms with van der Waals surface area (Å²) >= 11 is 0. The van der Waals surface area contributed by atoms with Crippen molar-refractivity contribution < 1.29 is 23.1 Å². The maximum atomic E-state index is 12.6. The average Bonchev–Trinajstić information content (AvgIpc) is 2.68. The fourth-order valence-corrected chi connectivity index (χ4v) is 4.34. The van der Waals surface area contributed by atoms with E-state index < -0.39 is 10.0 Å². The summed E-state index contributed by atoms with van der Waals surface area (Å²) in [5, 5.41) is 12.6. The molecular weight excluding hydrogens is 380 g/mol. The van der Waals surface area contributed by atoms with Gasteiger partial charge in [-0.15, -0.1) is 0 Å². The Hall–Kier alpha value is -2.58. The van der Waals surface area contributed by atoms with Gasteiger partial charge < -0.3 is 15.2 Å². The second-order valence-electron chi connectivity index (χ2n) is 6.13. The number of phenolic OH excluding ortho intramolecular Hbond substituents is 1. The molecule has 0 saturated carbocycles. The summed E-state index contributed by atoms with van der Waals surface area (Å²) in [4.78, 5) is 12.3. The van der Waals surface area contributed by atoms with Crippen molar-refractivity contribution >= 4 is 21.6 Å². The van der Waals surface area contributed by atoms with E-state index in [2.05, 4.69) is 5.32 Å². The molecule has 0 saturated heterocycles. The van der Waals surface area contributed by atoms with Crippen molar-refractivity contribution in [3.8, 4) is 11.5 Å². The number of para-hydroxylation sites is 1. The van der Waals surface area contributed by atoms with Crippen LogP contribution in [0.4, 0.5) is 5.69 Å². The molecule has 0 fully saturated rings. The quantitative estimate of drug-likeness (QED) is 0.624. The highest BCUT2D eigenvalue weighted by atomic mass is 32.2.